The van der Waals surface area contributed by atoms with Crippen molar-refractivity contribution in [1.82, 2.24) is 0 Å². The highest BCUT2D eigenvalue weighted by molar-refractivity contribution is 5.40. The summed E-state index contributed by atoms with van der Waals surface area (Å²) in [6.07, 6.45) is 12.2. The first-order valence-corrected chi connectivity index (χ1v) is 8.72. The van der Waals surface area contributed by atoms with Crippen molar-refractivity contribution in [1.29, 1.82) is 0 Å². The molecule has 1 aromatic rings. The molecule has 0 aromatic heterocycles. The van der Waals surface area contributed by atoms with Crippen molar-refractivity contribution in [2.24, 2.45) is 11.8 Å². The summed E-state index contributed by atoms with van der Waals surface area (Å²) in [5, 5.41) is 0. The first-order valence-electron chi connectivity index (χ1n) is 8.72. The molecule has 0 unspecified atom stereocenters. The van der Waals surface area contributed by atoms with Crippen molar-refractivity contribution < 1.29 is 4.74 Å². The quantitative estimate of drug-likeness (QED) is 0.643. The van der Waals surface area contributed by atoms with Crippen molar-refractivity contribution in [3.8, 4) is 17.6 Å². The second-order valence-corrected chi connectivity index (χ2v) is 6.19. The van der Waals surface area contributed by atoms with Gasteiger partial charge in [0.2, 0.25) is 0 Å². The van der Waals surface area contributed by atoms with Gasteiger partial charge in [0.15, 0.2) is 0 Å². The lowest BCUT2D eigenvalue weighted by Crippen LogP contribution is -2.11. The molecular weight excluding hydrogens is 268 g/mol. The summed E-state index contributed by atoms with van der Waals surface area (Å²) in [6.45, 7) is 5.19. The van der Waals surface area contributed by atoms with Crippen LogP contribution in [-0.4, -0.2) is 6.61 Å². The van der Waals surface area contributed by atoms with Gasteiger partial charge in [-0.2, -0.15) is 0 Å². The van der Waals surface area contributed by atoms with Crippen LogP contribution in [0.25, 0.3) is 0 Å². The summed E-state index contributed by atoms with van der Waals surface area (Å²) in [5.74, 6) is 8.99. The molecule has 0 spiro atoms. The van der Waals surface area contributed by atoms with Crippen LogP contribution >= 0.6 is 0 Å². The van der Waals surface area contributed by atoms with Gasteiger partial charge in [-0.3, -0.25) is 0 Å². The SMILES string of the molecule is CCCOc1ccc(C#CC=C[C@H]2CC[C@H](CC)CC2)cc1. The molecule has 0 saturated heterocycles. The van der Waals surface area contributed by atoms with Crippen LogP contribution in [0.2, 0.25) is 0 Å². The Labute approximate surface area is 135 Å². The molecule has 1 saturated carbocycles. The zero-order chi connectivity index (χ0) is 15.6. The summed E-state index contributed by atoms with van der Waals surface area (Å²) in [6, 6.07) is 8.04. The van der Waals surface area contributed by atoms with E-state index in [1.807, 2.05) is 30.3 Å². The summed E-state index contributed by atoms with van der Waals surface area (Å²) in [4.78, 5) is 0. The molecule has 1 aromatic carbocycles. The number of benzene rings is 1. The Bertz CT molecular complexity index is 507. The van der Waals surface area contributed by atoms with Crippen LogP contribution < -0.4 is 4.74 Å². The monoisotopic (exact) mass is 296 g/mol. The van der Waals surface area contributed by atoms with Gasteiger partial charge in [-0.15, -0.1) is 0 Å². The van der Waals surface area contributed by atoms with Crippen LogP contribution in [-0.2, 0) is 0 Å². The van der Waals surface area contributed by atoms with E-state index in [0.717, 1.165) is 36.2 Å². The van der Waals surface area contributed by atoms with E-state index in [2.05, 4.69) is 31.8 Å². The van der Waals surface area contributed by atoms with Crippen molar-refractivity contribution in [2.75, 3.05) is 6.61 Å². The minimum atomic E-state index is 0.738. The van der Waals surface area contributed by atoms with Crippen molar-refractivity contribution in [3.05, 3.63) is 42.0 Å². The summed E-state index contributed by atoms with van der Waals surface area (Å²) in [5.41, 5.74) is 1.04. The molecule has 2 rings (SSSR count). The number of allylic oxidation sites excluding steroid dienone is 2. The fraction of sp³-hybridized carbons (Fsp3) is 0.524. The number of hydrogen-bond acceptors (Lipinski definition) is 1. The fourth-order valence-corrected chi connectivity index (χ4v) is 2.95. The van der Waals surface area contributed by atoms with Crippen molar-refractivity contribution in [2.45, 2.75) is 52.4 Å². The smallest absolute Gasteiger partial charge is 0.119 e. The highest BCUT2D eigenvalue weighted by Gasteiger charge is 2.17. The predicted octanol–water partition coefficient (Wildman–Crippen LogP) is 5.60. The topological polar surface area (TPSA) is 9.23 Å². The third-order valence-electron chi connectivity index (χ3n) is 4.46. The lowest BCUT2D eigenvalue weighted by molar-refractivity contribution is 0.304. The molecule has 0 amide bonds. The van der Waals surface area contributed by atoms with E-state index in [-0.39, 0.29) is 0 Å². The Hall–Kier alpha value is -1.68. The van der Waals surface area contributed by atoms with E-state index < -0.39 is 0 Å². The maximum absolute atomic E-state index is 5.57. The molecule has 118 valence electrons. The minimum absolute atomic E-state index is 0.738. The second-order valence-electron chi connectivity index (χ2n) is 6.19. The summed E-state index contributed by atoms with van der Waals surface area (Å²) in [7, 11) is 0. The zero-order valence-electron chi connectivity index (χ0n) is 14.0. The van der Waals surface area contributed by atoms with Crippen LogP contribution in [0.5, 0.6) is 5.75 Å². The van der Waals surface area contributed by atoms with Gasteiger partial charge in [-0.25, -0.2) is 0 Å². The van der Waals surface area contributed by atoms with Gasteiger partial charge < -0.3 is 4.74 Å². The van der Waals surface area contributed by atoms with E-state index >= 15 is 0 Å². The largest absolute Gasteiger partial charge is 0.494 e. The number of hydrogen-bond donors (Lipinski definition) is 0. The normalized spacial score (nSPS) is 21.4. The molecule has 0 heterocycles. The standard InChI is InChI=1S/C21H28O/c1-3-17-22-21-15-13-20(14-16-21)8-6-5-7-19-11-9-18(4-2)10-12-19/h5,7,13-16,18-19H,3-4,9-12,17H2,1-2H3/t18-,19-. The van der Waals surface area contributed by atoms with E-state index in [4.69, 9.17) is 4.74 Å². The maximum Gasteiger partial charge on any atom is 0.119 e. The van der Waals surface area contributed by atoms with Gasteiger partial charge in [-0.05, 0) is 74.3 Å². The van der Waals surface area contributed by atoms with Gasteiger partial charge in [0.1, 0.15) is 5.75 Å². The molecule has 1 aliphatic rings. The van der Waals surface area contributed by atoms with E-state index in [1.54, 1.807) is 0 Å². The molecule has 0 atom stereocenters. The van der Waals surface area contributed by atoms with Crippen molar-refractivity contribution >= 4 is 0 Å². The Morgan fingerprint density at radius 1 is 1.09 bits per heavy atom. The second kappa shape index (κ2) is 9.36. The first-order chi connectivity index (χ1) is 10.8. The number of ether oxygens (including phenoxy) is 1. The Morgan fingerprint density at radius 3 is 2.45 bits per heavy atom. The molecule has 1 heteroatoms. The Kier molecular flexibility index (Phi) is 7.10. The summed E-state index contributed by atoms with van der Waals surface area (Å²) < 4.78 is 5.57. The van der Waals surface area contributed by atoms with Crippen molar-refractivity contribution in [3.63, 3.8) is 0 Å². The molecule has 0 aliphatic heterocycles. The molecule has 1 nitrogen and oxygen atoms in total. The van der Waals surface area contributed by atoms with Gasteiger partial charge in [0.25, 0.3) is 0 Å². The average molecular weight is 296 g/mol. The minimum Gasteiger partial charge on any atom is -0.494 e. The average Bonchev–Trinajstić information content (AvgIpc) is 2.58. The molecule has 22 heavy (non-hydrogen) atoms. The molecule has 0 N–H and O–H groups in total. The van der Waals surface area contributed by atoms with E-state index in [9.17, 15) is 0 Å². The van der Waals surface area contributed by atoms with Gasteiger partial charge in [0, 0.05) is 5.56 Å². The highest BCUT2D eigenvalue weighted by atomic mass is 16.5. The zero-order valence-corrected chi connectivity index (χ0v) is 14.0. The molecule has 0 radical (unpaired) electrons. The third kappa shape index (κ3) is 5.60. The summed E-state index contributed by atoms with van der Waals surface area (Å²) >= 11 is 0. The first kappa shape index (κ1) is 16.7. The Balaban J connectivity index is 1.79. The van der Waals surface area contributed by atoms with Gasteiger partial charge in [-0.1, -0.05) is 38.2 Å². The van der Waals surface area contributed by atoms with E-state index in [1.165, 1.54) is 32.1 Å². The predicted molar refractivity (Wildman–Crippen MR) is 94.0 cm³/mol. The molecular formula is C21H28O. The van der Waals surface area contributed by atoms with Crippen LogP contribution in [0.3, 0.4) is 0 Å². The van der Waals surface area contributed by atoms with Gasteiger partial charge in [0.05, 0.1) is 6.61 Å². The lowest BCUT2D eigenvalue weighted by atomic mass is 9.81. The molecule has 1 fully saturated rings. The van der Waals surface area contributed by atoms with Gasteiger partial charge >= 0.3 is 0 Å². The lowest BCUT2D eigenvalue weighted by Gasteiger charge is -2.25. The van der Waals surface area contributed by atoms with Crippen LogP contribution in [0, 0.1) is 23.7 Å². The third-order valence-corrected chi connectivity index (χ3v) is 4.46. The highest BCUT2D eigenvalue weighted by Crippen LogP contribution is 2.31. The maximum atomic E-state index is 5.57. The Morgan fingerprint density at radius 2 is 1.82 bits per heavy atom. The molecule has 0 bridgehead atoms. The van der Waals surface area contributed by atoms with E-state index in [0.29, 0.717) is 0 Å². The molecule has 1 aliphatic carbocycles. The van der Waals surface area contributed by atoms with Crippen LogP contribution in [0.15, 0.2) is 36.4 Å². The van der Waals surface area contributed by atoms with Crippen LogP contribution in [0.1, 0.15) is 57.9 Å². The fourth-order valence-electron chi connectivity index (χ4n) is 2.95. The number of rotatable bonds is 5. The van der Waals surface area contributed by atoms with Crippen LogP contribution in [0.4, 0.5) is 0 Å².